The normalized spacial score (nSPS) is 12.9. The average molecular weight is 317 g/mol. The largest absolute Gasteiger partial charge is 0.507 e. The maximum absolute atomic E-state index is 12.1. The number of ether oxygens (including phenoxy) is 2. The van der Waals surface area contributed by atoms with Crippen molar-refractivity contribution in [3.05, 3.63) is 23.8 Å². The molecule has 0 heterocycles. The van der Waals surface area contributed by atoms with Crippen molar-refractivity contribution >= 4 is 16.0 Å². The van der Waals surface area contributed by atoms with E-state index in [9.17, 15) is 18.3 Å². The zero-order valence-corrected chi connectivity index (χ0v) is 12.9. The third-order valence-electron chi connectivity index (χ3n) is 2.76. The minimum absolute atomic E-state index is 0.00182. The number of phenols is 1. The molecule has 0 aliphatic heterocycles. The van der Waals surface area contributed by atoms with E-state index in [1.54, 1.807) is 0 Å². The van der Waals surface area contributed by atoms with Gasteiger partial charge in [0.1, 0.15) is 11.3 Å². The Labute approximate surface area is 123 Å². The summed E-state index contributed by atoms with van der Waals surface area (Å²) in [6.07, 6.45) is 0. The van der Waals surface area contributed by atoms with E-state index in [0.717, 1.165) is 19.2 Å². The van der Waals surface area contributed by atoms with Crippen molar-refractivity contribution in [3.8, 4) is 5.75 Å². The maximum atomic E-state index is 12.1. The van der Waals surface area contributed by atoms with Crippen LogP contribution in [0.25, 0.3) is 0 Å². The van der Waals surface area contributed by atoms with Crippen LogP contribution in [0.2, 0.25) is 0 Å². The number of hydrogen-bond donors (Lipinski definition) is 2. The fourth-order valence-corrected chi connectivity index (χ4v) is 2.83. The molecule has 0 aliphatic carbocycles. The number of esters is 1. The van der Waals surface area contributed by atoms with E-state index in [4.69, 9.17) is 4.74 Å². The van der Waals surface area contributed by atoms with Gasteiger partial charge in [0.2, 0.25) is 10.0 Å². The second kappa shape index (κ2) is 7.39. The number of benzene rings is 1. The molecule has 0 bridgehead atoms. The minimum Gasteiger partial charge on any atom is -0.507 e. The minimum atomic E-state index is -3.78. The van der Waals surface area contributed by atoms with Crippen LogP contribution in [-0.2, 0) is 19.5 Å². The number of nitrogens with one attached hydrogen (secondary N) is 1. The summed E-state index contributed by atoms with van der Waals surface area (Å²) >= 11 is 0. The first-order chi connectivity index (χ1) is 9.81. The summed E-state index contributed by atoms with van der Waals surface area (Å²) in [6, 6.07) is 3.43. The number of rotatable bonds is 7. The third kappa shape index (κ3) is 4.69. The molecule has 0 saturated heterocycles. The lowest BCUT2D eigenvalue weighted by Gasteiger charge is -2.12. The molecule has 1 atom stereocenters. The molecule has 7 nitrogen and oxygen atoms in total. The van der Waals surface area contributed by atoms with Crippen molar-refractivity contribution in [2.45, 2.75) is 11.8 Å². The predicted molar refractivity (Wildman–Crippen MR) is 75.7 cm³/mol. The van der Waals surface area contributed by atoms with E-state index in [0.29, 0.717) is 6.61 Å². The summed E-state index contributed by atoms with van der Waals surface area (Å²) in [5, 5.41) is 9.56. The molecule has 21 heavy (non-hydrogen) atoms. The molecule has 0 aliphatic rings. The summed E-state index contributed by atoms with van der Waals surface area (Å²) in [5.74, 6) is -1.15. The first-order valence-corrected chi connectivity index (χ1v) is 7.70. The molecule has 1 rings (SSSR count). The van der Waals surface area contributed by atoms with Crippen LogP contribution in [0.4, 0.5) is 0 Å². The Morgan fingerprint density at radius 3 is 2.62 bits per heavy atom. The van der Waals surface area contributed by atoms with Gasteiger partial charge in [0, 0.05) is 20.3 Å². The quantitative estimate of drug-likeness (QED) is 0.719. The summed E-state index contributed by atoms with van der Waals surface area (Å²) in [6.45, 7) is 2.46. The van der Waals surface area contributed by atoms with Gasteiger partial charge in [-0.15, -0.1) is 0 Å². The standard InChI is InChI=1S/C13H19NO6S/c1-9(8-19-2)7-14-21(17,18)10-4-5-12(15)11(6-10)13(16)20-3/h4-6,9,14-15H,7-8H2,1-3H3. The second-order valence-corrected chi connectivity index (χ2v) is 6.35. The molecule has 118 valence electrons. The van der Waals surface area contributed by atoms with E-state index >= 15 is 0 Å². The number of hydrogen-bond acceptors (Lipinski definition) is 6. The molecule has 2 N–H and O–H groups in total. The van der Waals surface area contributed by atoms with Gasteiger partial charge in [-0.1, -0.05) is 6.92 Å². The number of sulfonamides is 1. The van der Waals surface area contributed by atoms with Crippen molar-refractivity contribution in [1.82, 2.24) is 4.72 Å². The van der Waals surface area contributed by atoms with Crippen LogP contribution in [0.15, 0.2) is 23.1 Å². The zero-order valence-electron chi connectivity index (χ0n) is 12.1. The topological polar surface area (TPSA) is 102 Å². The Morgan fingerprint density at radius 2 is 2.05 bits per heavy atom. The van der Waals surface area contributed by atoms with Crippen LogP contribution < -0.4 is 4.72 Å². The lowest BCUT2D eigenvalue weighted by atomic mass is 10.2. The first kappa shape index (κ1) is 17.4. The second-order valence-electron chi connectivity index (χ2n) is 4.58. The number of phenolic OH excluding ortho intramolecular Hbond substituents is 1. The van der Waals surface area contributed by atoms with Gasteiger partial charge in [-0.2, -0.15) is 0 Å². The third-order valence-corrected chi connectivity index (χ3v) is 4.18. The number of carbonyl (C=O) groups excluding carboxylic acids is 1. The van der Waals surface area contributed by atoms with Gasteiger partial charge >= 0.3 is 5.97 Å². The van der Waals surface area contributed by atoms with Gasteiger partial charge in [-0.25, -0.2) is 17.9 Å². The van der Waals surface area contributed by atoms with E-state index < -0.39 is 16.0 Å². The van der Waals surface area contributed by atoms with Crippen molar-refractivity contribution in [2.75, 3.05) is 27.4 Å². The lowest BCUT2D eigenvalue weighted by Crippen LogP contribution is -2.30. The predicted octanol–water partition coefficient (Wildman–Crippen LogP) is 0.740. The molecule has 0 saturated carbocycles. The van der Waals surface area contributed by atoms with Crippen molar-refractivity contribution in [1.29, 1.82) is 0 Å². The number of aromatic hydroxyl groups is 1. The zero-order chi connectivity index (χ0) is 16.0. The molecule has 0 fully saturated rings. The van der Waals surface area contributed by atoms with Crippen LogP contribution >= 0.6 is 0 Å². The molecule has 1 unspecified atom stereocenters. The summed E-state index contributed by atoms with van der Waals surface area (Å²) in [5.41, 5.74) is -0.203. The van der Waals surface area contributed by atoms with Gasteiger partial charge < -0.3 is 14.6 Å². The molecule has 0 aromatic heterocycles. The van der Waals surface area contributed by atoms with Crippen molar-refractivity contribution in [3.63, 3.8) is 0 Å². The molecule has 1 aromatic carbocycles. The summed E-state index contributed by atoms with van der Waals surface area (Å²) < 4.78 is 36.1. The summed E-state index contributed by atoms with van der Waals surface area (Å²) in [7, 11) is -1.10. The Hall–Kier alpha value is -1.64. The fraction of sp³-hybridized carbons (Fsp3) is 0.462. The average Bonchev–Trinajstić information content (AvgIpc) is 2.45. The van der Waals surface area contributed by atoms with E-state index in [1.807, 2.05) is 6.92 Å². The fourth-order valence-electron chi connectivity index (χ4n) is 1.63. The molecule has 0 spiro atoms. The van der Waals surface area contributed by atoms with Gasteiger partial charge in [-0.3, -0.25) is 0 Å². The van der Waals surface area contributed by atoms with Crippen LogP contribution in [0.5, 0.6) is 5.75 Å². The monoisotopic (exact) mass is 317 g/mol. The SMILES string of the molecule is COCC(C)CNS(=O)(=O)c1ccc(O)c(C(=O)OC)c1. The molecule has 1 aromatic rings. The highest BCUT2D eigenvalue weighted by atomic mass is 32.2. The van der Waals surface area contributed by atoms with Crippen LogP contribution in [0, 0.1) is 5.92 Å². The van der Waals surface area contributed by atoms with Gasteiger partial charge in [0.25, 0.3) is 0 Å². The van der Waals surface area contributed by atoms with Gasteiger partial charge in [0.05, 0.1) is 12.0 Å². The molecule has 0 radical (unpaired) electrons. The Kier molecular flexibility index (Phi) is 6.13. The van der Waals surface area contributed by atoms with Gasteiger partial charge in [0.15, 0.2) is 0 Å². The van der Waals surface area contributed by atoms with E-state index in [1.165, 1.54) is 13.2 Å². The van der Waals surface area contributed by atoms with Crippen LogP contribution in [0.3, 0.4) is 0 Å². The Bertz CT molecular complexity index is 599. The maximum Gasteiger partial charge on any atom is 0.341 e. The van der Waals surface area contributed by atoms with E-state index in [-0.39, 0.29) is 28.7 Å². The van der Waals surface area contributed by atoms with E-state index in [2.05, 4.69) is 9.46 Å². The molecule has 0 amide bonds. The van der Waals surface area contributed by atoms with Crippen molar-refractivity contribution < 1.29 is 27.8 Å². The van der Waals surface area contributed by atoms with Crippen molar-refractivity contribution in [2.24, 2.45) is 5.92 Å². The smallest absolute Gasteiger partial charge is 0.341 e. The Balaban J connectivity index is 2.96. The summed E-state index contributed by atoms with van der Waals surface area (Å²) in [4.78, 5) is 11.3. The molecule has 8 heteroatoms. The van der Waals surface area contributed by atoms with Crippen LogP contribution in [0.1, 0.15) is 17.3 Å². The highest BCUT2D eigenvalue weighted by Gasteiger charge is 2.20. The Morgan fingerprint density at radius 1 is 1.38 bits per heavy atom. The lowest BCUT2D eigenvalue weighted by molar-refractivity contribution is 0.0597. The highest BCUT2D eigenvalue weighted by molar-refractivity contribution is 7.89. The van der Waals surface area contributed by atoms with Gasteiger partial charge in [-0.05, 0) is 24.1 Å². The number of methoxy groups -OCH3 is 2. The van der Waals surface area contributed by atoms with Crippen LogP contribution in [-0.4, -0.2) is 46.9 Å². The number of carbonyl (C=O) groups is 1. The first-order valence-electron chi connectivity index (χ1n) is 6.21. The molecular weight excluding hydrogens is 298 g/mol. The molecular formula is C13H19NO6S. The highest BCUT2D eigenvalue weighted by Crippen LogP contribution is 2.22.